The largest absolute Gasteiger partial charge is 0.550 e. The lowest BCUT2D eigenvalue weighted by molar-refractivity contribution is -0.302. The average Bonchev–Trinajstić information content (AvgIpc) is 2.74. The molecule has 0 aromatic heterocycles. The molecular weight excluding hydrogens is 380 g/mol. The summed E-state index contributed by atoms with van der Waals surface area (Å²) in [5.74, 6) is 0.903. The topological polar surface area (TPSA) is 49.4 Å². The van der Waals surface area contributed by atoms with Crippen LogP contribution >= 0.6 is 0 Å². The van der Waals surface area contributed by atoms with Crippen LogP contribution in [-0.2, 0) is 21.4 Å². The lowest BCUT2D eigenvalue weighted by Crippen LogP contribution is -2.16. The quantitative estimate of drug-likeness (QED) is 0.395. The van der Waals surface area contributed by atoms with Crippen molar-refractivity contribution >= 4 is 16.9 Å². The molecule has 152 valence electrons. The fourth-order valence-corrected chi connectivity index (χ4v) is 4.76. The van der Waals surface area contributed by atoms with Gasteiger partial charge in [0.25, 0.3) is 0 Å². The van der Waals surface area contributed by atoms with Crippen LogP contribution in [0.1, 0.15) is 32.3 Å². The number of hydrogen-bond donors (Lipinski definition) is 0. The van der Waals surface area contributed by atoms with Gasteiger partial charge in [-0.1, -0.05) is 61.9 Å². The number of aliphatic carboxylic acids is 1. The van der Waals surface area contributed by atoms with Crippen molar-refractivity contribution in [2.45, 2.75) is 42.2 Å². The molecule has 3 rings (SSSR count). The van der Waals surface area contributed by atoms with Gasteiger partial charge < -0.3 is 14.6 Å². The van der Waals surface area contributed by atoms with E-state index in [2.05, 4.69) is 91.9 Å². The molecule has 4 heteroatoms. The minimum atomic E-state index is -1.08. The highest BCUT2D eigenvalue weighted by Gasteiger charge is 2.25. The van der Waals surface area contributed by atoms with Gasteiger partial charge in [0, 0.05) is 11.5 Å². The third kappa shape index (κ3) is 8.44. The summed E-state index contributed by atoms with van der Waals surface area (Å²) >= 11 is 0. The molecule has 0 atom stereocenters. The van der Waals surface area contributed by atoms with Gasteiger partial charge in [-0.15, -0.1) is 0 Å². The number of carbonyl (C=O) groups is 1. The number of unbranched alkanes of at least 4 members (excludes halogenated alkanes) is 1. The number of benzene rings is 3. The molecule has 0 radical (unpaired) electrons. The van der Waals surface area contributed by atoms with E-state index in [0.717, 1.165) is 37.9 Å². The van der Waals surface area contributed by atoms with Crippen molar-refractivity contribution in [2.24, 2.45) is 0 Å². The van der Waals surface area contributed by atoms with Crippen LogP contribution in [0.2, 0.25) is 0 Å². The van der Waals surface area contributed by atoms with E-state index in [0.29, 0.717) is 0 Å². The molecule has 0 amide bonds. The number of carboxylic acids is 1. The Balaban J connectivity index is 0.000000687. The number of rotatable bonds is 8. The summed E-state index contributed by atoms with van der Waals surface area (Å²) < 4.78 is 5.78. The fraction of sp³-hybridized carbons (Fsp3) is 0.240. The second-order valence-corrected chi connectivity index (χ2v) is 8.51. The third-order valence-corrected chi connectivity index (χ3v) is 6.36. The van der Waals surface area contributed by atoms with Gasteiger partial charge in [-0.3, -0.25) is 0 Å². The molecule has 3 aromatic rings. The second-order valence-electron chi connectivity index (χ2n) is 6.50. The van der Waals surface area contributed by atoms with Gasteiger partial charge in [-0.05, 0) is 49.7 Å². The fourth-order valence-electron chi connectivity index (χ4n) is 2.66. The molecule has 0 saturated carbocycles. The first kappa shape index (κ1) is 22.6. The number of ether oxygens (including phenoxy) is 1. The zero-order chi connectivity index (χ0) is 20.9. The summed E-state index contributed by atoms with van der Waals surface area (Å²) in [5.41, 5.74) is 1.35. The van der Waals surface area contributed by atoms with Crippen molar-refractivity contribution in [1.82, 2.24) is 0 Å². The summed E-state index contributed by atoms with van der Waals surface area (Å²) in [7, 11) is 0.0436. The van der Waals surface area contributed by atoms with Crippen LogP contribution < -0.4 is 9.84 Å². The molecule has 3 nitrogen and oxygen atoms in total. The standard InChI is InChI=1S/C23H25OS.C2H4O2/c1-2-3-18-24-21-16-14-20(15-17-21)19-25(22-10-6-4-7-11-22)23-12-8-5-9-13-23;1-2(3)4/h4-17H,2-3,18-19H2,1H3;1H3,(H,3,4)/q+1;/p-1. The molecule has 0 aliphatic heterocycles. The molecule has 0 spiro atoms. The number of hydrogen-bond acceptors (Lipinski definition) is 3. The van der Waals surface area contributed by atoms with Crippen LogP contribution in [-0.4, -0.2) is 12.6 Å². The highest BCUT2D eigenvalue weighted by Crippen LogP contribution is 2.27. The summed E-state index contributed by atoms with van der Waals surface area (Å²) in [6.07, 6.45) is 2.27. The van der Waals surface area contributed by atoms with Gasteiger partial charge in [-0.2, -0.15) is 0 Å². The Labute approximate surface area is 176 Å². The Morgan fingerprint density at radius 3 is 1.79 bits per heavy atom. The second kappa shape index (κ2) is 12.7. The first-order chi connectivity index (χ1) is 14.1. The van der Waals surface area contributed by atoms with E-state index in [-0.39, 0.29) is 10.9 Å². The minimum absolute atomic E-state index is 0.0436. The van der Waals surface area contributed by atoms with Crippen LogP contribution in [0.5, 0.6) is 5.75 Å². The molecule has 0 unspecified atom stereocenters. The van der Waals surface area contributed by atoms with E-state index in [1.54, 1.807) is 0 Å². The zero-order valence-corrected chi connectivity index (χ0v) is 17.9. The van der Waals surface area contributed by atoms with Crippen molar-refractivity contribution in [3.05, 3.63) is 90.5 Å². The van der Waals surface area contributed by atoms with E-state index in [1.165, 1.54) is 15.4 Å². The molecule has 0 bridgehead atoms. The minimum Gasteiger partial charge on any atom is -0.550 e. The lowest BCUT2D eigenvalue weighted by Gasteiger charge is -2.09. The normalized spacial score (nSPS) is 10.2. The van der Waals surface area contributed by atoms with Gasteiger partial charge in [0.1, 0.15) is 11.5 Å². The Kier molecular flexibility index (Phi) is 9.87. The number of carboxylic acid groups (broad SMARTS) is 1. The Morgan fingerprint density at radius 1 is 0.862 bits per heavy atom. The van der Waals surface area contributed by atoms with Gasteiger partial charge in [0.05, 0.1) is 17.5 Å². The Bertz CT molecular complexity index is 789. The van der Waals surface area contributed by atoms with Crippen LogP contribution in [0.4, 0.5) is 0 Å². The molecule has 0 saturated heterocycles. The maximum Gasteiger partial charge on any atom is 0.161 e. The maximum absolute atomic E-state index is 8.89. The predicted molar refractivity (Wildman–Crippen MR) is 118 cm³/mol. The molecule has 0 N–H and O–H groups in total. The molecule has 0 fully saturated rings. The van der Waals surface area contributed by atoms with E-state index < -0.39 is 5.97 Å². The highest BCUT2D eigenvalue weighted by molar-refractivity contribution is 7.96. The monoisotopic (exact) mass is 408 g/mol. The van der Waals surface area contributed by atoms with Crippen LogP contribution in [0.15, 0.2) is 94.7 Å². The molecule has 29 heavy (non-hydrogen) atoms. The Morgan fingerprint density at radius 2 is 1.34 bits per heavy atom. The van der Waals surface area contributed by atoms with Crippen molar-refractivity contribution in [1.29, 1.82) is 0 Å². The van der Waals surface area contributed by atoms with E-state index in [9.17, 15) is 0 Å². The summed E-state index contributed by atoms with van der Waals surface area (Å²) in [4.78, 5) is 11.7. The van der Waals surface area contributed by atoms with Gasteiger partial charge in [0.2, 0.25) is 0 Å². The van der Waals surface area contributed by atoms with Gasteiger partial charge in [-0.25, -0.2) is 0 Å². The van der Waals surface area contributed by atoms with Crippen LogP contribution in [0.3, 0.4) is 0 Å². The van der Waals surface area contributed by atoms with Crippen LogP contribution in [0.25, 0.3) is 0 Å². The zero-order valence-electron chi connectivity index (χ0n) is 17.0. The molecule has 3 aromatic carbocycles. The van der Waals surface area contributed by atoms with Gasteiger partial charge in [0.15, 0.2) is 9.79 Å². The van der Waals surface area contributed by atoms with Crippen molar-refractivity contribution in [2.75, 3.05) is 6.61 Å². The van der Waals surface area contributed by atoms with Gasteiger partial charge >= 0.3 is 0 Å². The highest BCUT2D eigenvalue weighted by atomic mass is 32.2. The van der Waals surface area contributed by atoms with E-state index in [1.807, 2.05) is 0 Å². The van der Waals surface area contributed by atoms with Crippen molar-refractivity contribution < 1.29 is 14.6 Å². The van der Waals surface area contributed by atoms with E-state index >= 15 is 0 Å². The van der Waals surface area contributed by atoms with Crippen LogP contribution in [0, 0.1) is 0 Å². The first-order valence-electron chi connectivity index (χ1n) is 9.80. The number of carbonyl (C=O) groups excluding carboxylic acids is 1. The Hall–Kier alpha value is -2.72. The summed E-state index contributed by atoms with van der Waals surface area (Å²) in [5, 5.41) is 8.89. The van der Waals surface area contributed by atoms with Crippen molar-refractivity contribution in [3.8, 4) is 5.75 Å². The van der Waals surface area contributed by atoms with E-state index in [4.69, 9.17) is 14.6 Å². The summed E-state index contributed by atoms with van der Waals surface area (Å²) in [6.45, 7) is 3.95. The van der Waals surface area contributed by atoms with Crippen molar-refractivity contribution in [3.63, 3.8) is 0 Å². The maximum atomic E-state index is 8.89. The molecule has 0 aliphatic carbocycles. The summed E-state index contributed by atoms with van der Waals surface area (Å²) in [6, 6.07) is 30.2. The third-order valence-electron chi connectivity index (χ3n) is 4.06. The predicted octanol–water partition coefficient (Wildman–Crippen LogP) is 4.86. The molecule has 0 aliphatic rings. The lowest BCUT2D eigenvalue weighted by atomic mass is 10.2. The SMILES string of the molecule is CC(=O)[O-].CCCCOc1ccc(C[S+](c2ccccc2)c2ccccc2)cc1. The smallest absolute Gasteiger partial charge is 0.161 e. The average molecular weight is 409 g/mol. The molecule has 0 heterocycles. The molecular formula is C25H28O3S. The first-order valence-corrected chi connectivity index (χ1v) is 11.2.